The van der Waals surface area contributed by atoms with Gasteiger partial charge in [0.25, 0.3) is 0 Å². The van der Waals surface area contributed by atoms with E-state index in [1.807, 2.05) is 29.8 Å². The summed E-state index contributed by atoms with van der Waals surface area (Å²) in [5, 5.41) is 4.60. The molecule has 0 bridgehead atoms. The monoisotopic (exact) mass is 388 g/mol. The minimum Gasteiger partial charge on any atom is -0.422 e. The van der Waals surface area contributed by atoms with E-state index in [1.165, 1.54) is 6.07 Å². The second-order valence-electron chi connectivity index (χ2n) is 6.58. The van der Waals surface area contributed by atoms with Gasteiger partial charge in [-0.15, -0.1) is 0 Å². The first-order valence-corrected chi connectivity index (χ1v) is 9.22. The van der Waals surface area contributed by atoms with Gasteiger partial charge < -0.3 is 4.74 Å². The number of nitrogens with zero attached hydrogens (tertiary/aromatic N) is 6. The highest BCUT2D eigenvalue weighted by atomic mass is 19.1. The zero-order valence-electron chi connectivity index (χ0n) is 15.9. The summed E-state index contributed by atoms with van der Waals surface area (Å²) >= 11 is 0. The second-order valence-corrected chi connectivity index (χ2v) is 6.58. The normalized spacial score (nSPS) is 11.4. The van der Waals surface area contributed by atoms with Crippen LogP contribution in [-0.4, -0.2) is 29.3 Å². The van der Waals surface area contributed by atoms with Crippen molar-refractivity contribution in [3.05, 3.63) is 60.7 Å². The van der Waals surface area contributed by atoms with Gasteiger partial charge in [-0.1, -0.05) is 0 Å². The van der Waals surface area contributed by atoms with Gasteiger partial charge in [0.15, 0.2) is 17.2 Å². The van der Waals surface area contributed by atoms with E-state index < -0.39 is 5.82 Å². The van der Waals surface area contributed by atoms with Crippen LogP contribution in [0.5, 0.6) is 11.8 Å². The van der Waals surface area contributed by atoms with E-state index >= 15 is 0 Å². The van der Waals surface area contributed by atoms with Crippen molar-refractivity contribution < 1.29 is 9.13 Å². The van der Waals surface area contributed by atoms with Gasteiger partial charge in [0.2, 0.25) is 0 Å². The molecule has 0 spiro atoms. The van der Waals surface area contributed by atoms with Crippen molar-refractivity contribution in [2.45, 2.75) is 13.5 Å². The number of hydrogen-bond donors (Lipinski definition) is 0. The maximum atomic E-state index is 14.9. The Labute approximate surface area is 165 Å². The molecule has 0 amide bonds. The topological polar surface area (TPSA) is 70.7 Å². The maximum Gasteiger partial charge on any atom is 0.304 e. The minimum absolute atomic E-state index is 0.0827. The average Bonchev–Trinajstić information content (AvgIpc) is 3.28. The smallest absolute Gasteiger partial charge is 0.304 e. The molecule has 0 aliphatic heterocycles. The van der Waals surface area contributed by atoms with Gasteiger partial charge >= 0.3 is 6.01 Å². The number of benzene rings is 1. The summed E-state index contributed by atoms with van der Waals surface area (Å²) in [6, 6.07) is 12.5. The van der Waals surface area contributed by atoms with Crippen LogP contribution in [0.25, 0.3) is 33.5 Å². The van der Waals surface area contributed by atoms with Crippen molar-refractivity contribution in [1.29, 1.82) is 0 Å². The maximum absolute atomic E-state index is 14.9. The molecule has 0 radical (unpaired) electrons. The SMILES string of the molecule is CCn1nc(-c2ccc(Oc3nc4cccnc4n3C)c(F)c2)c2ncccc21. The van der Waals surface area contributed by atoms with Crippen LogP contribution in [0, 0.1) is 5.82 Å². The van der Waals surface area contributed by atoms with Crippen LogP contribution in [0.1, 0.15) is 6.92 Å². The molecule has 0 saturated carbocycles. The van der Waals surface area contributed by atoms with Crippen LogP contribution in [0.3, 0.4) is 0 Å². The number of aryl methyl sites for hydroxylation is 2. The molecule has 7 nitrogen and oxygen atoms in total. The molecule has 5 aromatic rings. The van der Waals surface area contributed by atoms with Crippen molar-refractivity contribution in [2.24, 2.45) is 7.05 Å². The third-order valence-electron chi connectivity index (χ3n) is 4.80. The molecule has 1 aromatic carbocycles. The fraction of sp³-hybridized carbons (Fsp3) is 0.143. The van der Waals surface area contributed by atoms with Gasteiger partial charge in [0.05, 0.1) is 5.52 Å². The number of imidazole rings is 1. The van der Waals surface area contributed by atoms with Crippen molar-refractivity contribution in [1.82, 2.24) is 29.3 Å². The van der Waals surface area contributed by atoms with Gasteiger partial charge in [-0.2, -0.15) is 10.1 Å². The van der Waals surface area contributed by atoms with Gasteiger partial charge in [-0.05, 0) is 49.4 Å². The molecule has 0 aliphatic carbocycles. The highest BCUT2D eigenvalue weighted by Crippen LogP contribution is 2.32. The largest absolute Gasteiger partial charge is 0.422 e. The van der Waals surface area contributed by atoms with E-state index in [4.69, 9.17) is 4.74 Å². The Morgan fingerprint density at radius 3 is 2.69 bits per heavy atom. The molecule has 0 unspecified atom stereocenters. The van der Waals surface area contributed by atoms with Crippen LogP contribution in [0.2, 0.25) is 0 Å². The molecule has 0 saturated heterocycles. The number of aromatic nitrogens is 6. The molecule has 4 heterocycles. The first kappa shape index (κ1) is 17.3. The Hall–Kier alpha value is -3.81. The van der Waals surface area contributed by atoms with Crippen molar-refractivity contribution >= 4 is 22.2 Å². The molecule has 0 aliphatic rings. The first-order valence-electron chi connectivity index (χ1n) is 9.22. The zero-order chi connectivity index (χ0) is 20.0. The number of ether oxygens (including phenoxy) is 1. The summed E-state index contributed by atoms with van der Waals surface area (Å²) in [6.45, 7) is 2.71. The predicted octanol–water partition coefficient (Wildman–Crippen LogP) is 4.33. The third-order valence-corrected chi connectivity index (χ3v) is 4.80. The highest BCUT2D eigenvalue weighted by molar-refractivity contribution is 5.89. The molecule has 4 aromatic heterocycles. The lowest BCUT2D eigenvalue weighted by Crippen LogP contribution is -1.97. The van der Waals surface area contributed by atoms with E-state index in [9.17, 15) is 4.39 Å². The van der Waals surface area contributed by atoms with Crippen molar-refractivity contribution in [3.63, 3.8) is 0 Å². The third kappa shape index (κ3) is 2.80. The summed E-state index contributed by atoms with van der Waals surface area (Å²) in [4.78, 5) is 13.1. The molecule has 0 atom stereocenters. The van der Waals surface area contributed by atoms with Crippen LogP contribution in [0.15, 0.2) is 54.9 Å². The Balaban J connectivity index is 1.53. The summed E-state index contributed by atoms with van der Waals surface area (Å²) in [5.41, 5.74) is 4.28. The Bertz CT molecular complexity index is 1360. The lowest BCUT2D eigenvalue weighted by atomic mass is 10.1. The molecule has 5 rings (SSSR count). The van der Waals surface area contributed by atoms with Gasteiger partial charge in [-0.3, -0.25) is 14.2 Å². The number of pyridine rings is 2. The quantitative estimate of drug-likeness (QED) is 0.458. The summed E-state index contributed by atoms with van der Waals surface area (Å²) in [5.74, 6) is -0.419. The predicted molar refractivity (Wildman–Crippen MR) is 107 cm³/mol. The van der Waals surface area contributed by atoms with Crippen LogP contribution in [-0.2, 0) is 13.6 Å². The molecule has 8 heteroatoms. The number of fused-ring (bicyclic) bond motifs is 2. The second kappa shape index (κ2) is 6.66. The van der Waals surface area contributed by atoms with E-state index in [-0.39, 0.29) is 11.8 Å². The fourth-order valence-electron chi connectivity index (χ4n) is 3.37. The van der Waals surface area contributed by atoms with Gasteiger partial charge in [-0.25, -0.2) is 9.37 Å². The van der Waals surface area contributed by atoms with Crippen LogP contribution < -0.4 is 4.74 Å². The van der Waals surface area contributed by atoms with E-state index in [0.29, 0.717) is 29.0 Å². The molecule has 29 heavy (non-hydrogen) atoms. The van der Waals surface area contributed by atoms with Crippen molar-refractivity contribution in [2.75, 3.05) is 0 Å². The van der Waals surface area contributed by atoms with Gasteiger partial charge in [0, 0.05) is 31.5 Å². The first-order chi connectivity index (χ1) is 14.2. The average molecular weight is 388 g/mol. The van der Waals surface area contributed by atoms with E-state index in [2.05, 4.69) is 20.1 Å². The van der Waals surface area contributed by atoms with Crippen molar-refractivity contribution in [3.8, 4) is 23.0 Å². The van der Waals surface area contributed by atoms with E-state index in [1.54, 1.807) is 42.2 Å². The van der Waals surface area contributed by atoms with Gasteiger partial charge in [0.1, 0.15) is 16.7 Å². The number of rotatable bonds is 4. The number of halogens is 1. The number of hydrogen-bond acceptors (Lipinski definition) is 5. The molecular weight excluding hydrogens is 371 g/mol. The molecular formula is C21H17FN6O. The Morgan fingerprint density at radius 1 is 1.07 bits per heavy atom. The van der Waals surface area contributed by atoms with Crippen LogP contribution in [0.4, 0.5) is 4.39 Å². The molecule has 0 fully saturated rings. The summed E-state index contributed by atoms with van der Waals surface area (Å²) in [7, 11) is 1.78. The summed E-state index contributed by atoms with van der Waals surface area (Å²) in [6.07, 6.45) is 3.39. The molecule has 144 valence electrons. The standard InChI is InChI=1S/C21H17FN6O/c1-3-28-16-7-5-10-23-19(16)18(26-28)13-8-9-17(14(22)12-13)29-21-25-15-6-4-11-24-20(15)27(21)2/h4-12H,3H2,1-2H3. The lowest BCUT2D eigenvalue weighted by molar-refractivity contribution is 0.400. The lowest BCUT2D eigenvalue weighted by Gasteiger charge is -2.07. The highest BCUT2D eigenvalue weighted by Gasteiger charge is 2.17. The Kier molecular flexibility index (Phi) is 3.97. The summed E-state index contributed by atoms with van der Waals surface area (Å²) < 4.78 is 24.1. The van der Waals surface area contributed by atoms with Crippen LogP contribution >= 0.6 is 0 Å². The van der Waals surface area contributed by atoms with E-state index in [0.717, 1.165) is 11.0 Å². The molecule has 0 N–H and O–H groups in total. The minimum atomic E-state index is -0.502. The fourth-order valence-corrected chi connectivity index (χ4v) is 3.37. The zero-order valence-corrected chi connectivity index (χ0v) is 15.9. The Morgan fingerprint density at radius 2 is 1.90 bits per heavy atom.